The van der Waals surface area contributed by atoms with Crippen LogP contribution in [0.25, 0.3) is 0 Å². The highest BCUT2D eigenvalue weighted by atomic mass is 16.5. The van der Waals surface area contributed by atoms with E-state index >= 15 is 0 Å². The lowest BCUT2D eigenvalue weighted by Crippen LogP contribution is -2.11. The minimum atomic E-state index is 0.477. The molecule has 0 aliphatic rings. The van der Waals surface area contributed by atoms with Gasteiger partial charge in [-0.05, 0) is 5.92 Å². The highest BCUT2D eigenvalue weighted by Gasteiger charge is 2.06. The minimum Gasteiger partial charge on any atom is -0.379 e. The Morgan fingerprint density at radius 3 is 2.67 bits per heavy atom. The van der Waals surface area contributed by atoms with Gasteiger partial charge >= 0.3 is 0 Å². The molecule has 86 valence electrons. The van der Waals surface area contributed by atoms with Crippen LogP contribution in [0.2, 0.25) is 0 Å². The molecular formula is C12H22N2O. The van der Waals surface area contributed by atoms with Crippen LogP contribution >= 0.6 is 0 Å². The van der Waals surface area contributed by atoms with Crippen LogP contribution < -0.4 is 0 Å². The second-order valence-corrected chi connectivity index (χ2v) is 4.60. The molecule has 1 rings (SSSR count). The predicted octanol–water partition coefficient (Wildman–Crippen LogP) is 2.68. The monoisotopic (exact) mass is 210 g/mol. The van der Waals surface area contributed by atoms with Crippen LogP contribution in [0.3, 0.4) is 0 Å². The van der Waals surface area contributed by atoms with Gasteiger partial charge in [0.1, 0.15) is 5.82 Å². The van der Waals surface area contributed by atoms with E-state index in [2.05, 4.69) is 37.2 Å². The fourth-order valence-electron chi connectivity index (χ4n) is 1.49. The Balaban J connectivity index is 2.34. The van der Waals surface area contributed by atoms with Crippen molar-refractivity contribution in [3.05, 3.63) is 18.2 Å². The number of imidazole rings is 1. The van der Waals surface area contributed by atoms with Crippen LogP contribution in [-0.4, -0.2) is 22.8 Å². The highest BCUT2D eigenvalue weighted by molar-refractivity contribution is 4.97. The molecular weight excluding hydrogens is 188 g/mol. The molecule has 3 nitrogen and oxygen atoms in total. The Bertz CT molecular complexity index is 279. The van der Waals surface area contributed by atoms with E-state index in [9.17, 15) is 0 Å². The topological polar surface area (TPSA) is 27.1 Å². The van der Waals surface area contributed by atoms with E-state index in [1.807, 2.05) is 12.4 Å². The maximum Gasteiger partial charge on any atom is 0.111 e. The van der Waals surface area contributed by atoms with Gasteiger partial charge in [-0.15, -0.1) is 0 Å². The summed E-state index contributed by atoms with van der Waals surface area (Å²) in [6.07, 6.45) is 3.88. The van der Waals surface area contributed by atoms with Crippen molar-refractivity contribution in [2.45, 2.75) is 40.2 Å². The van der Waals surface area contributed by atoms with E-state index in [-0.39, 0.29) is 0 Å². The van der Waals surface area contributed by atoms with Crippen LogP contribution in [0.4, 0.5) is 0 Å². The van der Waals surface area contributed by atoms with E-state index < -0.39 is 0 Å². The smallest absolute Gasteiger partial charge is 0.111 e. The summed E-state index contributed by atoms with van der Waals surface area (Å²) in [4.78, 5) is 4.34. The van der Waals surface area contributed by atoms with Crippen LogP contribution in [0.5, 0.6) is 0 Å². The fraction of sp³-hybridized carbons (Fsp3) is 0.750. The molecule has 0 radical (unpaired) electrons. The lowest BCUT2D eigenvalue weighted by atomic mass is 10.2. The minimum absolute atomic E-state index is 0.477. The van der Waals surface area contributed by atoms with Crippen molar-refractivity contribution < 1.29 is 4.74 Å². The zero-order valence-corrected chi connectivity index (χ0v) is 10.2. The number of ether oxygens (including phenoxy) is 1. The average Bonchev–Trinajstić information content (AvgIpc) is 2.60. The zero-order chi connectivity index (χ0) is 11.3. The van der Waals surface area contributed by atoms with Gasteiger partial charge in [-0.2, -0.15) is 0 Å². The summed E-state index contributed by atoms with van der Waals surface area (Å²) in [5, 5.41) is 0. The van der Waals surface area contributed by atoms with Gasteiger partial charge in [0, 0.05) is 31.5 Å². The van der Waals surface area contributed by atoms with Crippen molar-refractivity contribution in [1.82, 2.24) is 9.55 Å². The molecule has 1 aromatic heterocycles. The van der Waals surface area contributed by atoms with E-state index in [4.69, 9.17) is 4.74 Å². The molecule has 0 spiro atoms. The van der Waals surface area contributed by atoms with Crippen LogP contribution in [0.1, 0.15) is 39.4 Å². The molecule has 0 aromatic carbocycles. The molecule has 3 heteroatoms. The van der Waals surface area contributed by atoms with Gasteiger partial charge < -0.3 is 9.30 Å². The molecule has 0 unspecified atom stereocenters. The van der Waals surface area contributed by atoms with Crippen molar-refractivity contribution in [3.8, 4) is 0 Å². The molecule has 0 saturated carbocycles. The first kappa shape index (κ1) is 12.2. The molecule has 0 amide bonds. The quantitative estimate of drug-likeness (QED) is 0.675. The third-order valence-electron chi connectivity index (χ3n) is 2.19. The lowest BCUT2D eigenvalue weighted by molar-refractivity contribution is 0.102. The van der Waals surface area contributed by atoms with Gasteiger partial charge in [0.05, 0.1) is 6.61 Å². The summed E-state index contributed by atoms with van der Waals surface area (Å²) in [7, 11) is 0. The Labute approximate surface area is 92.5 Å². The van der Waals surface area contributed by atoms with Crippen LogP contribution in [0, 0.1) is 5.92 Å². The van der Waals surface area contributed by atoms with Crippen LogP contribution in [0.15, 0.2) is 12.4 Å². The first-order valence-electron chi connectivity index (χ1n) is 5.70. The molecule has 0 N–H and O–H groups in total. The number of aromatic nitrogens is 2. The SMILES string of the molecule is CC(C)COCCn1ccnc1C(C)C. The van der Waals surface area contributed by atoms with Crippen molar-refractivity contribution in [3.63, 3.8) is 0 Å². The molecule has 15 heavy (non-hydrogen) atoms. The lowest BCUT2D eigenvalue weighted by Gasteiger charge is -2.11. The predicted molar refractivity (Wildman–Crippen MR) is 62.0 cm³/mol. The van der Waals surface area contributed by atoms with Gasteiger partial charge in [0.2, 0.25) is 0 Å². The molecule has 0 aliphatic heterocycles. The normalized spacial score (nSPS) is 11.6. The molecule has 0 saturated heterocycles. The van der Waals surface area contributed by atoms with Crippen molar-refractivity contribution in [2.75, 3.05) is 13.2 Å². The maximum atomic E-state index is 5.55. The van der Waals surface area contributed by atoms with E-state index in [0.29, 0.717) is 11.8 Å². The summed E-state index contributed by atoms with van der Waals surface area (Å²) >= 11 is 0. The zero-order valence-electron chi connectivity index (χ0n) is 10.2. The molecule has 0 aliphatic carbocycles. The summed E-state index contributed by atoms with van der Waals surface area (Å²) in [5.74, 6) is 2.23. The number of rotatable bonds is 6. The molecule has 0 fully saturated rings. The first-order valence-corrected chi connectivity index (χ1v) is 5.70. The van der Waals surface area contributed by atoms with Crippen molar-refractivity contribution in [1.29, 1.82) is 0 Å². The molecule has 0 atom stereocenters. The standard InChI is InChI=1S/C12H22N2O/c1-10(2)9-15-8-7-14-6-5-13-12(14)11(3)4/h5-6,10-11H,7-9H2,1-4H3. The summed E-state index contributed by atoms with van der Waals surface area (Å²) in [5.41, 5.74) is 0. The second-order valence-electron chi connectivity index (χ2n) is 4.60. The third-order valence-corrected chi connectivity index (χ3v) is 2.19. The van der Waals surface area contributed by atoms with E-state index in [1.54, 1.807) is 0 Å². The van der Waals surface area contributed by atoms with Gasteiger partial charge in [0.15, 0.2) is 0 Å². The molecule has 1 heterocycles. The second kappa shape index (κ2) is 5.91. The Morgan fingerprint density at radius 1 is 1.33 bits per heavy atom. The Kier molecular flexibility index (Phi) is 4.82. The number of hydrogen-bond acceptors (Lipinski definition) is 2. The fourth-order valence-corrected chi connectivity index (χ4v) is 1.49. The van der Waals surface area contributed by atoms with Crippen molar-refractivity contribution in [2.24, 2.45) is 5.92 Å². The molecule has 0 bridgehead atoms. The van der Waals surface area contributed by atoms with Gasteiger partial charge in [-0.25, -0.2) is 4.98 Å². The average molecular weight is 210 g/mol. The maximum absolute atomic E-state index is 5.55. The van der Waals surface area contributed by atoms with E-state index in [1.165, 1.54) is 0 Å². The number of hydrogen-bond donors (Lipinski definition) is 0. The first-order chi connectivity index (χ1) is 7.11. The Hall–Kier alpha value is -0.830. The number of nitrogens with zero attached hydrogens (tertiary/aromatic N) is 2. The van der Waals surface area contributed by atoms with Gasteiger partial charge in [-0.3, -0.25) is 0 Å². The van der Waals surface area contributed by atoms with Crippen LogP contribution in [-0.2, 0) is 11.3 Å². The van der Waals surface area contributed by atoms with Crippen molar-refractivity contribution >= 4 is 0 Å². The summed E-state index contributed by atoms with van der Waals surface area (Å²) in [6.45, 7) is 11.2. The van der Waals surface area contributed by atoms with Gasteiger partial charge in [0.25, 0.3) is 0 Å². The molecule has 1 aromatic rings. The van der Waals surface area contributed by atoms with E-state index in [0.717, 1.165) is 25.6 Å². The highest BCUT2D eigenvalue weighted by Crippen LogP contribution is 2.11. The third kappa shape index (κ3) is 4.04. The summed E-state index contributed by atoms with van der Waals surface area (Å²) < 4.78 is 7.73. The largest absolute Gasteiger partial charge is 0.379 e. The van der Waals surface area contributed by atoms with Gasteiger partial charge in [-0.1, -0.05) is 27.7 Å². The Morgan fingerprint density at radius 2 is 2.07 bits per heavy atom. The summed E-state index contributed by atoms with van der Waals surface area (Å²) in [6, 6.07) is 0.